The SMILES string of the molecule is CN=CC(=CN)c1cc(Nc2ncc(Br)c(Nc3ccc4nccnc4c3P(C)(C)=O)n2)c(OC)cc1N1CCC2(CC1)CN(C(C)C)CCO2. The van der Waals surface area contributed by atoms with Gasteiger partial charge in [-0.2, -0.15) is 4.98 Å². The smallest absolute Gasteiger partial charge is 0.229 e. The molecule has 4 aromatic rings. The number of anilines is 5. The molecule has 15 heteroatoms. The molecule has 2 aliphatic rings. The van der Waals surface area contributed by atoms with Gasteiger partial charge in [0.05, 0.1) is 46.0 Å². The van der Waals surface area contributed by atoms with Gasteiger partial charge >= 0.3 is 0 Å². The number of aliphatic imine (C=N–C) groups is 1. The second-order valence-electron chi connectivity index (χ2n) is 13.5. The molecule has 0 saturated carbocycles. The number of nitrogens with zero attached hydrogens (tertiary/aromatic N) is 7. The molecule has 2 aromatic heterocycles. The van der Waals surface area contributed by atoms with Crippen molar-refractivity contribution < 1.29 is 14.0 Å². The first-order valence-corrected chi connectivity index (χ1v) is 20.4. The molecular weight excluding hydrogens is 731 g/mol. The number of nitrogens with one attached hydrogen (secondary N) is 2. The van der Waals surface area contributed by atoms with Crippen LogP contribution in [0, 0.1) is 0 Å². The van der Waals surface area contributed by atoms with Gasteiger partial charge in [0.1, 0.15) is 24.2 Å². The molecule has 2 fully saturated rings. The van der Waals surface area contributed by atoms with E-state index in [2.05, 4.69) is 70.2 Å². The molecule has 270 valence electrons. The highest BCUT2D eigenvalue weighted by molar-refractivity contribution is 9.10. The molecule has 6 rings (SSSR count). The highest BCUT2D eigenvalue weighted by Crippen LogP contribution is 2.43. The average Bonchev–Trinajstić information content (AvgIpc) is 3.11. The van der Waals surface area contributed by atoms with E-state index in [9.17, 15) is 4.57 Å². The molecule has 1 spiro atoms. The minimum atomic E-state index is -2.78. The van der Waals surface area contributed by atoms with Gasteiger partial charge in [0.15, 0.2) is 0 Å². The number of hydrogen-bond donors (Lipinski definition) is 3. The van der Waals surface area contributed by atoms with Crippen LogP contribution in [0.3, 0.4) is 0 Å². The molecule has 2 aromatic carbocycles. The zero-order valence-corrected chi connectivity index (χ0v) is 32.5. The Kier molecular flexibility index (Phi) is 11.0. The summed E-state index contributed by atoms with van der Waals surface area (Å²) in [6.45, 7) is 12.3. The molecule has 4 heterocycles. The first-order valence-electron chi connectivity index (χ1n) is 17.0. The highest BCUT2D eigenvalue weighted by Gasteiger charge is 2.40. The van der Waals surface area contributed by atoms with Gasteiger partial charge in [0, 0.05) is 93.2 Å². The lowest BCUT2D eigenvalue weighted by Crippen LogP contribution is -2.58. The number of benzene rings is 2. The molecule has 0 aliphatic carbocycles. The predicted octanol–water partition coefficient (Wildman–Crippen LogP) is 6.01. The summed E-state index contributed by atoms with van der Waals surface area (Å²) in [5.41, 5.74) is 11.2. The van der Waals surface area contributed by atoms with Crippen LogP contribution >= 0.6 is 23.1 Å². The molecule has 0 atom stereocenters. The third-order valence-electron chi connectivity index (χ3n) is 9.50. The van der Waals surface area contributed by atoms with Crippen molar-refractivity contribution in [2.24, 2.45) is 10.7 Å². The Morgan fingerprint density at radius 3 is 2.57 bits per heavy atom. The van der Waals surface area contributed by atoms with Crippen LogP contribution < -0.4 is 31.3 Å². The summed E-state index contributed by atoms with van der Waals surface area (Å²) in [5, 5.41) is 7.33. The Hall–Kier alpha value is -4.10. The molecule has 0 amide bonds. The van der Waals surface area contributed by atoms with Gasteiger partial charge in [-0.1, -0.05) is 0 Å². The van der Waals surface area contributed by atoms with E-state index in [1.807, 2.05) is 24.3 Å². The quantitative estimate of drug-likeness (QED) is 0.128. The number of ether oxygens (including phenoxy) is 2. The largest absolute Gasteiger partial charge is 0.494 e. The standard InChI is InChI=1S/C36H46BrN10O3P/c1-23(2)47-15-16-50-36(22-47)9-13-46(14-10-36)30-18-31(49-4)29(17-25(30)24(19-38)20-39-3)44-35-42-21-26(37)34(45-35)43-28-8-7-27-32(41-12-11-40-27)33(28)51(5,6)48/h7-8,11-12,17-21,23H,9-10,13-16,22,38H2,1-6H3,(H2,42,43,44,45). The maximum atomic E-state index is 13.5. The van der Waals surface area contributed by atoms with Gasteiger partial charge in [-0.15, -0.1) is 0 Å². The lowest BCUT2D eigenvalue weighted by Gasteiger charge is -2.49. The van der Waals surface area contributed by atoms with E-state index in [1.54, 1.807) is 58.5 Å². The van der Waals surface area contributed by atoms with Gasteiger partial charge < -0.3 is 35.3 Å². The monoisotopic (exact) mass is 776 g/mol. The molecule has 0 bridgehead atoms. The topological polar surface area (TPSA) is 156 Å². The fourth-order valence-electron chi connectivity index (χ4n) is 6.87. The maximum absolute atomic E-state index is 13.5. The Bertz CT molecular complexity index is 2010. The summed E-state index contributed by atoms with van der Waals surface area (Å²) in [5.74, 6) is 1.42. The van der Waals surface area contributed by atoms with Crippen LogP contribution in [0.5, 0.6) is 5.75 Å². The second kappa shape index (κ2) is 15.2. The van der Waals surface area contributed by atoms with Crippen molar-refractivity contribution in [3.63, 3.8) is 0 Å². The summed E-state index contributed by atoms with van der Waals surface area (Å²) in [7, 11) is 0.589. The number of hydrogen-bond acceptors (Lipinski definition) is 13. The van der Waals surface area contributed by atoms with E-state index in [1.165, 1.54) is 0 Å². The van der Waals surface area contributed by atoms with Crippen LogP contribution in [0.4, 0.5) is 28.8 Å². The predicted molar refractivity (Wildman–Crippen MR) is 211 cm³/mol. The van der Waals surface area contributed by atoms with Gasteiger partial charge in [0.2, 0.25) is 5.95 Å². The van der Waals surface area contributed by atoms with Crippen LogP contribution in [0.25, 0.3) is 16.6 Å². The Morgan fingerprint density at radius 2 is 1.88 bits per heavy atom. The van der Waals surface area contributed by atoms with Gasteiger partial charge in [0.25, 0.3) is 0 Å². The lowest BCUT2D eigenvalue weighted by molar-refractivity contribution is -0.127. The number of piperidine rings is 1. The summed E-state index contributed by atoms with van der Waals surface area (Å²) in [6.07, 6.45) is 10.0. The second-order valence-corrected chi connectivity index (χ2v) is 17.5. The first-order chi connectivity index (χ1) is 24.4. The van der Waals surface area contributed by atoms with Gasteiger partial charge in [-0.25, -0.2) is 4.98 Å². The third-order valence-corrected chi connectivity index (χ3v) is 11.6. The lowest BCUT2D eigenvalue weighted by atomic mass is 9.88. The first kappa shape index (κ1) is 36.7. The fraction of sp³-hybridized carbons (Fsp3) is 0.417. The molecular formula is C36H46BrN10O3P. The van der Waals surface area contributed by atoms with E-state index in [0.29, 0.717) is 55.7 Å². The fourth-order valence-corrected chi connectivity index (χ4v) is 8.56. The van der Waals surface area contributed by atoms with Crippen molar-refractivity contribution >= 4 is 80.0 Å². The summed E-state index contributed by atoms with van der Waals surface area (Å²) in [4.78, 5) is 27.4. The Balaban J connectivity index is 1.32. The van der Waals surface area contributed by atoms with E-state index in [4.69, 9.17) is 20.2 Å². The number of rotatable bonds is 10. The summed E-state index contributed by atoms with van der Waals surface area (Å²) in [6, 6.07) is 8.22. The van der Waals surface area contributed by atoms with Crippen LogP contribution in [0.1, 0.15) is 32.3 Å². The van der Waals surface area contributed by atoms with Crippen molar-refractivity contribution in [2.75, 3.05) is 75.8 Å². The van der Waals surface area contributed by atoms with Crippen LogP contribution in [0.2, 0.25) is 0 Å². The van der Waals surface area contributed by atoms with E-state index in [0.717, 1.165) is 62.5 Å². The van der Waals surface area contributed by atoms with E-state index >= 15 is 0 Å². The number of morpholine rings is 1. The van der Waals surface area contributed by atoms with Crippen LogP contribution in [-0.4, -0.2) is 103 Å². The molecule has 51 heavy (non-hydrogen) atoms. The normalized spacial score (nSPS) is 17.1. The molecule has 2 saturated heterocycles. The van der Waals surface area contributed by atoms with Crippen molar-refractivity contribution in [1.82, 2.24) is 24.8 Å². The molecule has 0 unspecified atom stereocenters. The highest BCUT2D eigenvalue weighted by atomic mass is 79.9. The van der Waals surface area contributed by atoms with Crippen LogP contribution in [0.15, 0.2) is 58.5 Å². The minimum Gasteiger partial charge on any atom is -0.494 e. The van der Waals surface area contributed by atoms with Crippen LogP contribution in [-0.2, 0) is 9.30 Å². The van der Waals surface area contributed by atoms with Crippen molar-refractivity contribution in [3.05, 3.63) is 59.1 Å². The zero-order chi connectivity index (χ0) is 36.3. The number of halogens is 1. The number of methoxy groups -OCH3 is 1. The molecule has 13 nitrogen and oxygen atoms in total. The molecule has 2 aliphatic heterocycles. The van der Waals surface area contributed by atoms with Gasteiger partial charge in [-0.05, 0) is 74.1 Å². The van der Waals surface area contributed by atoms with Crippen molar-refractivity contribution in [1.29, 1.82) is 0 Å². The number of allylic oxidation sites excluding steroid dienone is 1. The average molecular weight is 778 g/mol. The maximum Gasteiger partial charge on any atom is 0.229 e. The molecule has 4 N–H and O–H groups in total. The molecule has 0 radical (unpaired) electrons. The van der Waals surface area contributed by atoms with E-state index < -0.39 is 7.14 Å². The van der Waals surface area contributed by atoms with Crippen molar-refractivity contribution in [2.45, 2.75) is 38.3 Å². The van der Waals surface area contributed by atoms with Crippen molar-refractivity contribution in [3.8, 4) is 5.75 Å². The zero-order valence-electron chi connectivity index (χ0n) is 30.0. The van der Waals surface area contributed by atoms with Gasteiger partial charge in [-0.3, -0.25) is 19.9 Å². The Labute approximate surface area is 307 Å². The Morgan fingerprint density at radius 1 is 1.12 bits per heavy atom. The minimum absolute atomic E-state index is 0.140. The summed E-state index contributed by atoms with van der Waals surface area (Å²) < 4.78 is 26.5. The number of nitrogens with two attached hydrogens (primary N) is 1. The number of fused-ring (bicyclic) bond motifs is 1. The number of aromatic nitrogens is 4. The van der Waals surface area contributed by atoms with E-state index in [-0.39, 0.29) is 5.60 Å². The third kappa shape index (κ3) is 7.89. The summed E-state index contributed by atoms with van der Waals surface area (Å²) >= 11 is 3.58.